The molecule has 1 aliphatic rings. The molecule has 0 radical (unpaired) electrons. The molecule has 2 aromatic carbocycles. The average molecular weight is 410 g/mol. The zero-order valence-corrected chi connectivity index (χ0v) is 18.1. The second-order valence-corrected chi connectivity index (χ2v) is 8.98. The van der Waals surface area contributed by atoms with E-state index in [-0.39, 0.29) is 6.42 Å². The van der Waals surface area contributed by atoms with Crippen LogP contribution in [-0.2, 0) is 17.8 Å². The van der Waals surface area contributed by atoms with Crippen molar-refractivity contribution in [1.29, 1.82) is 0 Å². The molecule has 2 heterocycles. The number of carboxylic acid groups (broad SMARTS) is 1. The normalized spacial score (nSPS) is 12.6. The number of benzene rings is 2. The molecule has 0 bridgehead atoms. The van der Waals surface area contributed by atoms with Gasteiger partial charge in [-0.15, -0.1) is 11.3 Å². The summed E-state index contributed by atoms with van der Waals surface area (Å²) in [4.78, 5) is 13.0. The van der Waals surface area contributed by atoms with E-state index in [1.165, 1.54) is 32.8 Å². The first-order valence-electron chi connectivity index (χ1n) is 9.25. The lowest BCUT2D eigenvalue weighted by Gasteiger charge is -2.34. The molecular formula is C23H23NO2S2. The van der Waals surface area contributed by atoms with E-state index in [1.807, 2.05) is 0 Å². The second kappa shape index (κ2) is 7.30. The summed E-state index contributed by atoms with van der Waals surface area (Å²) in [5.41, 5.74) is 10.3. The molecule has 3 nitrogen and oxygen atoms in total. The molecule has 1 aliphatic heterocycles. The van der Waals surface area contributed by atoms with E-state index in [0.29, 0.717) is 0 Å². The fourth-order valence-electron chi connectivity index (χ4n) is 4.19. The van der Waals surface area contributed by atoms with Crippen LogP contribution in [0.5, 0.6) is 0 Å². The van der Waals surface area contributed by atoms with Crippen LogP contribution in [0.15, 0.2) is 35.7 Å². The predicted octanol–water partition coefficient (Wildman–Crippen LogP) is 6.23. The molecule has 0 fully saturated rings. The number of aryl methyl sites for hydroxylation is 1. The highest BCUT2D eigenvalue weighted by atomic mass is 32.2. The van der Waals surface area contributed by atoms with Crippen LogP contribution in [-0.4, -0.2) is 17.3 Å². The Morgan fingerprint density at radius 1 is 1.11 bits per heavy atom. The number of aliphatic carboxylic acids is 1. The highest BCUT2D eigenvalue weighted by Gasteiger charge is 2.30. The van der Waals surface area contributed by atoms with E-state index in [1.54, 1.807) is 23.3 Å². The number of hydrogen-bond donors (Lipinski definition) is 1. The number of fused-ring (bicyclic) bond motifs is 3. The zero-order chi connectivity index (χ0) is 20.0. The van der Waals surface area contributed by atoms with Crippen molar-refractivity contribution in [2.75, 3.05) is 10.6 Å². The zero-order valence-electron chi connectivity index (χ0n) is 16.5. The first-order chi connectivity index (χ1) is 13.4. The van der Waals surface area contributed by atoms with Crippen LogP contribution in [0.4, 0.5) is 5.69 Å². The Balaban J connectivity index is 2.09. The summed E-state index contributed by atoms with van der Waals surface area (Å²) < 4.78 is 2.30. The number of thiophene rings is 1. The van der Waals surface area contributed by atoms with Crippen molar-refractivity contribution in [1.82, 2.24) is 0 Å². The van der Waals surface area contributed by atoms with Gasteiger partial charge in [0.05, 0.1) is 18.7 Å². The lowest BCUT2D eigenvalue weighted by Crippen LogP contribution is -2.21. The predicted molar refractivity (Wildman–Crippen MR) is 120 cm³/mol. The molecule has 4 rings (SSSR count). The van der Waals surface area contributed by atoms with E-state index in [4.69, 9.17) is 0 Å². The van der Waals surface area contributed by atoms with Crippen LogP contribution in [0.1, 0.15) is 27.8 Å². The third-order valence-corrected chi connectivity index (χ3v) is 7.25. The van der Waals surface area contributed by atoms with Crippen LogP contribution >= 0.6 is 23.3 Å². The largest absolute Gasteiger partial charge is 0.481 e. The molecule has 28 heavy (non-hydrogen) atoms. The fourth-order valence-corrected chi connectivity index (χ4v) is 5.89. The first kappa shape index (κ1) is 19.1. The maximum Gasteiger partial charge on any atom is 0.307 e. The lowest BCUT2D eigenvalue weighted by atomic mass is 9.83. The van der Waals surface area contributed by atoms with Crippen molar-refractivity contribution in [2.45, 2.75) is 33.7 Å². The van der Waals surface area contributed by atoms with Crippen LogP contribution in [0.3, 0.4) is 0 Å². The molecule has 0 saturated carbocycles. The van der Waals surface area contributed by atoms with Crippen molar-refractivity contribution in [3.8, 4) is 21.6 Å². The third kappa shape index (κ3) is 3.03. The summed E-state index contributed by atoms with van der Waals surface area (Å²) in [5, 5.41) is 11.8. The Morgan fingerprint density at radius 3 is 2.46 bits per heavy atom. The number of carbonyl (C=O) groups is 1. The molecule has 5 heteroatoms. The van der Waals surface area contributed by atoms with Crippen molar-refractivity contribution < 1.29 is 9.90 Å². The van der Waals surface area contributed by atoms with Crippen LogP contribution in [0, 0.1) is 20.8 Å². The Morgan fingerprint density at radius 2 is 1.82 bits per heavy atom. The quantitative estimate of drug-likeness (QED) is 0.518. The minimum absolute atomic E-state index is 0.0304. The fraction of sp³-hybridized carbons (Fsp3) is 0.261. The Bertz CT molecular complexity index is 1070. The van der Waals surface area contributed by atoms with Gasteiger partial charge in [0.2, 0.25) is 0 Å². The van der Waals surface area contributed by atoms with Gasteiger partial charge < -0.3 is 9.41 Å². The van der Waals surface area contributed by atoms with Gasteiger partial charge in [0.1, 0.15) is 0 Å². The summed E-state index contributed by atoms with van der Waals surface area (Å²) in [7, 11) is 0. The Hall–Kier alpha value is -2.24. The van der Waals surface area contributed by atoms with Crippen LogP contribution in [0.25, 0.3) is 21.6 Å². The molecule has 0 amide bonds. The molecule has 0 atom stereocenters. The van der Waals surface area contributed by atoms with Crippen LogP contribution < -0.4 is 4.31 Å². The molecule has 0 spiro atoms. The lowest BCUT2D eigenvalue weighted by molar-refractivity contribution is -0.136. The average Bonchev–Trinajstić information content (AvgIpc) is 3.13. The maximum atomic E-state index is 11.7. The summed E-state index contributed by atoms with van der Waals surface area (Å²) in [6.07, 6.45) is 2.11. The topological polar surface area (TPSA) is 40.5 Å². The van der Waals surface area contributed by atoms with Crippen LogP contribution in [0.2, 0.25) is 0 Å². The number of anilines is 1. The number of hydrogen-bond acceptors (Lipinski definition) is 4. The molecule has 1 aromatic heterocycles. The smallest absolute Gasteiger partial charge is 0.307 e. The molecule has 144 valence electrons. The first-order valence-corrected chi connectivity index (χ1v) is 11.3. The Labute approximate surface area is 174 Å². The summed E-state index contributed by atoms with van der Waals surface area (Å²) in [6, 6.07) is 10.6. The minimum Gasteiger partial charge on any atom is -0.481 e. The number of rotatable bonds is 4. The molecule has 3 aromatic rings. The highest BCUT2D eigenvalue weighted by molar-refractivity contribution is 7.99. The van der Waals surface area contributed by atoms with E-state index >= 15 is 0 Å². The summed E-state index contributed by atoms with van der Waals surface area (Å²) >= 11 is 3.48. The van der Waals surface area contributed by atoms with E-state index in [9.17, 15) is 9.90 Å². The summed E-state index contributed by atoms with van der Waals surface area (Å²) in [5.74, 6) is -0.792. The van der Waals surface area contributed by atoms with E-state index in [2.05, 4.69) is 67.0 Å². The monoisotopic (exact) mass is 409 g/mol. The van der Waals surface area contributed by atoms with Gasteiger partial charge in [-0.1, -0.05) is 41.8 Å². The number of carboxylic acids is 1. The van der Waals surface area contributed by atoms with Crippen molar-refractivity contribution >= 4 is 34.9 Å². The third-order valence-electron chi connectivity index (χ3n) is 5.52. The Kier molecular flexibility index (Phi) is 4.98. The van der Waals surface area contributed by atoms with Gasteiger partial charge in [0.25, 0.3) is 0 Å². The standard InChI is InChI=1S/C23H23NO2S2/c1-13-5-7-16(8-6-13)20-15(3)21-22(14(2)18(20)11-19(25)26)24(27-4)12-17-9-10-28-23(17)21/h5-10H,11-12H2,1-4H3,(H,25,26). The van der Waals surface area contributed by atoms with Gasteiger partial charge in [-0.2, -0.15) is 0 Å². The number of nitrogens with zero attached hydrogens (tertiary/aromatic N) is 1. The highest BCUT2D eigenvalue weighted by Crippen LogP contribution is 2.51. The van der Waals surface area contributed by atoms with Gasteiger partial charge in [-0.3, -0.25) is 4.79 Å². The van der Waals surface area contributed by atoms with Gasteiger partial charge in [0.15, 0.2) is 0 Å². The maximum absolute atomic E-state index is 11.7. The van der Waals surface area contributed by atoms with Gasteiger partial charge in [-0.05, 0) is 65.6 Å². The van der Waals surface area contributed by atoms with Gasteiger partial charge in [0, 0.05) is 16.7 Å². The van der Waals surface area contributed by atoms with E-state index in [0.717, 1.165) is 28.8 Å². The van der Waals surface area contributed by atoms with E-state index < -0.39 is 5.97 Å². The molecule has 1 N–H and O–H groups in total. The molecule has 0 unspecified atom stereocenters. The molecule has 0 aliphatic carbocycles. The summed E-state index contributed by atoms with van der Waals surface area (Å²) in [6.45, 7) is 7.15. The van der Waals surface area contributed by atoms with Crippen molar-refractivity contribution in [2.24, 2.45) is 0 Å². The van der Waals surface area contributed by atoms with Gasteiger partial charge in [-0.25, -0.2) is 0 Å². The molecular weight excluding hydrogens is 386 g/mol. The second-order valence-electron chi connectivity index (χ2n) is 7.26. The minimum atomic E-state index is -0.792. The van der Waals surface area contributed by atoms with Crippen molar-refractivity contribution in [3.63, 3.8) is 0 Å². The SMILES string of the molecule is CSN1Cc2ccsc2-c2c(C)c(-c3ccc(C)cc3)c(CC(=O)O)c(C)c21. The van der Waals surface area contributed by atoms with Gasteiger partial charge >= 0.3 is 5.97 Å². The molecule has 0 saturated heterocycles. The van der Waals surface area contributed by atoms with Crippen molar-refractivity contribution in [3.05, 3.63) is 63.5 Å².